The van der Waals surface area contributed by atoms with Crippen LogP contribution in [0.4, 0.5) is 5.69 Å². The summed E-state index contributed by atoms with van der Waals surface area (Å²) in [5, 5.41) is 5.12. The van der Waals surface area contributed by atoms with Crippen LogP contribution in [0.15, 0.2) is 57.2 Å². The quantitative estimate of drug-likeness (QED) is 0.756. The summed E-state index contributed by atoms with van der Waals surface area (Å²) < 4.78 is 48.9. The number of nitrogen functional groups attached to an aromatic ring is 1. The van der Waals surface area contributed by atoms with Crippen molar-refractivity contribution in [1.29, 1.82) is 0 Å². The van der Waals surface area contributed by atoms with Crippen LogP contribution in [0.1, 0.15) is 25.3 Å². The third kappa shape index (κ3) is 3.77. The minimum Gasteiger partial charge on any atom is -0.398 e. The summed E-state index contributed by atoms with van der Waals surface area (Å²) in [6.07, 6.45) is 2.71. The Morgan fingerprint density at radius 1 is 0.958 bits per heavy atom. The van der Waals surface area contributed by atoms with Crippen molar-refractivity contribution in [2.45, 2.75) is 40.9 Å². The fourth-order valence-electron chi connectivity index (χ4n) is 2.37. The monoisotopic (exact) mass is 368 g/mol. The molecule has 24 heavy (non-hydrogen) atoms. The lowest BCUT2D eigenvalue weighted by Crippen LogP contribution is -2.17. The number of unbranched alkanes of at least 4 members (excludes halogenated alkanes) is 1. The molecule has 0 aromatic heterocycles. The number of primary sulfonamides is 1. The number of nitrogens with two attached hydrogens (primary N) is 2. The summed E-state index contributed by atoms with van der Waals surface area (Å²) in [6, 6.07) is 9.72. The summed E-state index contributed by atoms with van der Waals surface area (Å²) in [5.41, 5.74) is 7.20. The van der Waals surface area contributed by atoms with Crippen molar-refractivity contribution in [3.63, 3.8) is 0 Å². The average Bonchev–Trinajstić information content (AvgIpc) is 2.53. The molecule has 0 saturated carbocycles. The normalized spacial score (nSPS) is 12.2. The molecule has 0 aliphatic carbocycles. The van der Waals surface area contributed by atoms with Gasteiger partial charge in [0.25, 0.3) is 0 Å². The zero-order valence-corrected chi connectivity index (χ0v) is 14.9. The molecule has 0 fully saturated rings. The Hall–Kier alpha value is -1.90. The van der Waals surface area contributed by atoms with Crippen LogP contribution in [0.25, 0.3) is 0 Å². The second-order valence-corrected chi connectivity index (χ2v) is 8.91. The molecule has 4 N–H and O–H groups in total. The Bertz CT molecular complexity index is 952. The van der Waals surface area contributed by atoms with Gasteiger partial charge in [-0.2, -0.15) is 0 Å². The van der Waals surface area contributed by atoms with Gasteiger partial charge in [0.2, 0.25) is 19.9 Å². The fourth-order valence-corrected chi connectivity index (χ4v) is 5.04. The van der Waals surface area contributed by atoms with Crippen LogP contribution in [0, 0.1) is 0 Å². The first kappa shape index (κ1) is 18.4. The first-order chi connectivity index (χ1) is 11.2. The molecular formula is C16H20N2O4S2. The SMILES string of the molecule is CCCCc1ccc(S(=O)(=O)c2ccccc2S(N)(=O)=O)cc1N. The van der Waals surface area contributed by atoms with Gasteiger partial charge in [0.1, 0.15) is 4.90 Å². The van der Waals surface area contributed by atoms with Crippen LogP contribution in [0.2, 0.25) is 0 Å². The van der Waals surface area contributed by atoms with E-state index in [-0.39, 0.29) is 9.79 Å². The highest BCUT2D eigenvalue weighted by Crippen LogP contribution is 2.28. The Labute approximate surface area is 142 Å². The molecule has 0 amide bonds. The average molecular weight is 368 g/mol. The van der Waals surface area contributed by atoms with Gasteiger partial charge in [-0.15, -0.1) is 0 Å². The van der Waals surface area contributed by atoms with Crippen LogP contribution in [0.5, 0.6) is 0 Å². The van der Waals surface area contributed by atoms with E-state index >= 15 is 0 Å². The van der Waals surface area contributed by atoms with Crippen LogP contribution >= 0.6 is 0 Å². The number of aryl methyl sites for hydroxylation is 1. The molecular weight excluding hydrogens is 348 g/mol. The maximum atomic E-state index is 12.8. The topological polar surface area (TPSA) is 120 Å². The predicted molar refractivity (Wildman–Crippen MR) is 92.7 cm³/mol. The van der Waals surface area contributed by atoms with Crippen molar-refractivity contribution < 1.29 is 16.8 Å². The lowest BCUT2D eigenvalue weighted by Gasteiger charge is -2.11. The van der Waals surface area contributed by atoms with Gasteiger partial charge in [-0.3, -0.25) is 0 Å². The highest BCUT2D eigenvalue weighted by Gasteiger charge is 2.26. The summed E-state index contributed by atoms with van der Waals surface area (Å²) in [7, 11) is -8.22. The zero-order valence-electron chi connectivity index (χ0n) is 13.3. The molecule has 0 unspecified atom stereocenters. The van der Waals surface area contributed by atoms with E-state index in [9.17, 15) is 16.8 Å². The van der Waals surface area contributed by atoms with E-state index in [1.54, 1.807) is 6.07 Å². The lowest BCUT2D eigenvalue weighted by atomic mass is 10.1. The van der Waals surface area contributed by atoms with E-state index in [4.69, 9.17) is 10.9 Å². The lowest BCUT2D eigenvalue weighted by molar-refractivity contribution is 0.583. The van der Waals surface area contributed by atoms with Gasteiger partial charge >= 0.3 is 0 Å². The van der Waals surface area contributed by atoms with Gasteiger partial charge in [0.15, 0.2) is 0 Å². The number of hydrogen-bond acceptors (Lipinski definition) is 5. The third-order valence-corrected chi connectivity index (χ3v) is 6.58. The second kappa shape index (κ2) is 6.92. The van der Waals surface area contributed by atoms with Gasteiger partial charge in [-0.05, 0) is 42.7 Å². The number of hydrogen-bond donors (Lipinski definition) is 2. The first-order valence-electron chi connectivity index (χ1n) is 7.43. The molecule has 2 aromatic carbocycles. The van der Waals surface area contributed by atoms with Gasteiger partial charge in [0.05, 0.1) is 9.79 Å². The molecule has 0 bridgehead atoms. The van der Waals surface area contributed by atoms with Crippen molar-refractivity contribution in [2.24, 2.45) is 5.14 Å². The molecule has 2 rings (SSSR count). The maximum absolute atomic E-state index is 12.8. The van der Waals surface area contributed by atoms with E-state index in [2.05, 4.69) is 6.92 Å². The Balaban J connectivity index is 2.55. The standard InChI is InChI=1S/C16H20N2O4S2/c1-2-3-6-12-9-10-13(11-14(12)17)23(19,20)15-7-4-5-8-16(15)24(18,21)22/h4-5,7-11H,2-3,6,17H2,1H3,(H2,18,21,22). The molecule has 0 radical (unpaired) electrons. The molecule has 0 spiro atoms. The minimum atomic E-state index is -4.17. The molecule has 130 valence electrons. The number of sulfone groups is 1. The molecule has 2 aromatic rings. The Kier molecular flexibility index (Phi) is 5.32. The van der Waals surface area contributed by atoms with Crippen molar-refractivity contribution in [3.8, 4) is 0 Å². The highest BCUT2D eigenvalue weighted by molar-refractivity contribution is 7.93. The van der Waals surface area contributed by atoms with Gasteiger partial charge in [-0.1, -0.05) is 31.5 Å². The third-order valence-electron chi connectivity index (χ3n) is 3.67. The Morgan fingerprint density at radius 2 is 1.58 bits per heavy atom. The van der Waals surface area contributed by atoms with E-state index in [1.807, 2.05) is 0 Å². The first-order valence-corrected chi connectivity index (χ1v) is 10.5. The minimum absolute atomic E-state index is 0.0589. The number of rotatable bonds is 6. The van der Waals surface area contributed by atoms with E-state index in [0.717, 1.165) is 24.8 Å². The Morgan fingerprint density at radius 3 is 2.12 bits per heavy atom. The molecule has 0 atom stereocenters. The van der Waals surface area contributed by atoms with E-state index in [0.29, 0.717) is 5.69 Å². The number of benzene rings is 2. The number of sulfonamides is 1. The van der Waals surface area contributed by atoms with E-state index in [1.165, 1.54) is 36.4 Å². The molecule has 0 aliphatic rings. The molecule has 6 nitrogen and oxygen atoms in total. The van der Waals surface area contributed by atoms with Crippen molar-refractivity contribution in [1.82, 2.24) is 0 Å². The van der Waals surface area contributed by atoms with Crippen LogP contribution in [-0.2, 0) is 26.3 Å². The van der Waals surface area contributed by atoms with Crippen LogP contribution in [0.3, 0.4) is 0 Å². The fraction of sp³-hybridized carbons (Fsp3) is 0.250. The predicted octanol–water partition coefficient (Wildman–Crippen LogP) is 2.09. The molecule has 0 aliphatic heterocycles. The van der Waals surface area contributed by atoms with Gasteiger partial charge in [0, 0.05) is 5.69 Å². The molecule has 8 heteroatoms. The van der Waals surface area contributed by atoms with Gasteiger partial charge in [-0.25, -0.2) is 22.0 Å². The maximum Gasteiger partial charge on any atom is 0.239 e. The van der Waals surface area contributed by atoms with Crippen LogP contribution in [-0.4, -0.2) is 16.8 Å². The van der Waals surface area contributed by atoms with Crippen molar-refractivity contribution >= 4 is 25.5 Å². The summed E-state index contributed by atoms with van der Waals surface area (Å²) in [6.45, 7) is 2.05. The molecule has 0 heterocycles. The summed E-state index contributed by atoms with van der Waals surface area (Å²) in [5.74, 6) is 0. The highest BCUT2D eigenvalue weighted by atomic mass is 32.2. The molecule has 0 saturated heterocycles. The van der Waals surface area contributed by atoms with Crippen molar-refractivity contribution in [2.75, 3.05) is 5.73 Å². The summed E-state index contributed by atoms with van der Waals surface area (Å²) in [4.78, 5) is -0.844. The van der Waals surface area contributed by atoms with Crippen LogP contribution < -0.4 is 10.9 Å². The smallest absolute Gasteiger partial charge is 0.239 e. The summed E-state index contributed by atoms with van der Waals surface area (Å²) >= 11 is 0. The van der Waals surface area contributed by atoms with Crippen molar-refractivity contribution in [3.05, 3.63) is 48.0 Å². The van der Waals surface area contributed by atoms with E-state index < -0.39 is 24.8 Å². The van der Waals surface area contributed by atoms with Gasteiger partial charge < -0.3 is 5.73 Å². The largest absolute Gasteiger partial charge is 0.398 e. The number of anilines is 1. The zero-order chi connectivity index (χ0) is 18.0. The second-order valence-electron chi connectivity index (χ2n) is 5.46.